The van der Waals surface area contributed by atoms with Gasteiger partial charge in [0.25, 0.3) is 0 Å². The molecule has 6 rings (SSSR count). The molecule has 4 nitrogen and oxygen atoms in total. The van der Waals surface area contributed by atoms with E-state index in [0.717, 1.165) is 36.2 Å². The molecule has 0 bridgehead atoms. The zero-order valence-electron chi connectivity index (χ0n) is 20.7. The van der Waals surface area contributed by atoms with Crippen LogP contribution >= 0.6 is 0 Å². The maximum Gasteiger partial charge on any atom is 0.158 e. The monoisotopic (exact) mass is 438 g/mol. The van der Waals surface area contributed by atoms with Crippen molar-refractivity contribution >= 4 is 5.78 Å². The number of ketones is 1. The average Bonchev–Trinajstić information content (AvgIpc) is 3.01. The number of aryl methyl sites for hydroxylation is 1. The highest BCUT2D eigenvalue weighted by Crippen LogP contribution is 2.83. The van der Waals surface area contributed by atoms with Gasteiger partial charge in [-0.15, -0.1) is 0 Å². The Morgan fingerprint density at radius 2 is 1.88 bits per heavy atom. The number of hydrogen-bond donors (Lipinski definition) is 1. The minimum atomic E-state index is -0.449. The molecular weight excluding hydrogens is 396 g/mol. The van der Waals surface area contributed by atoms with E-state index >= 15 is 0 Å². The number of Topliss-reactive ketones (excluding diaryl/α,β-unsaturated/α-hetero) is 1. The SMILES string of the molecule is Cc1cnn(CC(=O)[C@H]2[C@H]3[C@@H](C)[C@@]3(C)[C@H]3[C@@H]4CC[C@@H]5C[C@](C)(O)CC[C@@H]5[C@H]4CC[C@]23C)c1. The van der Waals surface area contributed by atoms with Gasteiger partial charge in [0, 0.05) is 12.1 Å². The van der Waals surface area contributed by atoms with Crippen LogP contribution in [0, 0.1) is 65.1 Å². The van der Waals surface area contributed by atoms with Gasteiger partial charge in [-0.25, -0.2) is 0 Å². The minimum absolute atomic E-state index is 0.152. The second-order valence-corrected chi connectivity index (χ2v) is 13.4. The molecule has 0 spiro atoms. The smallest absolute Gasteiger partial charge is 0.158 e. The fraction of sp³-hybridized carbons (Fsp3) is 0.857. The van der Waals surface area contributed by atoms with Gasteiger partial charge in [-0.2, -0.15) is 5.10 Å². The first-order chi connectivity index (χ1) is 15.1. The maximum atomic E-state index is 13.8. The Labute approximate surface area is 193 Å². The van der Waals surface area contributed by atoms with Crippen molar-refractivity contribution in [2.45, 2.75) is 91.7 Å². The van der Waals surface area contributed by atoms with Gasteiger partial charge in [0.15, 0.2) is 5.78 Å². The Bertz CT molecular complexity index is 936. The summed E-state index contributed by atoms with van der Waals surface area (Å²) in [7, 11) is 0. The number of carbonyl (C=O) groups excluding carboxylic acids is 1. The van der Waals surface area contributed by atoms with Gasteiger partial charge in [-0.1, -0.05) is 20.8 Å². The number of rotatable bonds is 3. The number of aromatic nitrogens is 2. The quantitative estimate of drug-likeness (QED) is 0.699. The molecule has 0 aromatic carbocycles. The Morgan fingerprint density at radius 1 is 1.12 bits per heavy atom. The van der Waals surface area contributed by atoms with Crippen LogP contribution in [0.4, 0.5) is 0 Å². The summed E-state index contributed by atoms with van der Waals surface area (Å²) in [6.45, 7) is 12.0. The van der Waals surface area contributed by atoms with E-state index in [4.69, 9.17) is 0 Å². The Balaban J connectivity index is 1.29. The molecule has 5 aliphatic carbocycles. The molecular formula is C28H42N2O2. The number of fused-ring (bicyclic) bond motifs is 7. The van der Waals surface area contributed by atoms with Crippen molar-refractivity contribution in [3.05, 3.63) is 18.0 Å². The van der Waals surface area contributed by atoms with Crippen molar-refractivity contribution in [3.63, 3.8) is 0 Å². The van der Waals surface area contributed by atoms with E-state index in [1.165, 1.54) is 32.1 Å². The summed E-state index contributed by atoms with van der Waals surface area (Å²) in [5.41, 5.74) is 1.17. The van der Waals surface area contributed by atoms with Crippen molar-refractivity contribution < 1.29 is 9.90 Å². The van der Waals surface area contributed by atoms with Crippen molar-refractivity contribution in [2.24, 2.45) is 58.2 Å². The van der Waals surface area contributed by atoms with E-state index in [0.29, 0.717) is 41.4 Å². The molecule has 0 saturated heterocycles. The van der Waals surface area contributed by atoms with Gasteiger partial charge in [0.05, 0.1) is 18.3 Å². The van der Waals surface area contributed by atoms with Crippen LogP contribution in [0.1, 0.15) is 78.2 Å². The molecule has 5 saturated carbocycles. The maximum absolute atomic E-state index is 13.8. The summed E-state index contributed by atoms with van der Waals surface area (Å²) in [6.07, 6.45) is 12.2. The fourth-order valence-electron chi connectivity index (χ4n) is 10.6. The largest absolute Gasteiger partial charge is 0.390 e. The van der Waals surface area contributed by atoms with E-state index in [1.54, 1.807) is 0 Å². The predicted molar refractivity (Wildman–Crippen MR) is 125 cm³/mol. The number of carbonyl (C=O) groups is 1. The lowest BCUT2D eigenvalue weighted by atomic mass is 9.46. The lowest BCUT2D eigenvalue weighted by Gasteiger charge is -2.59. The summed E-state index contributed by atoms with van der Waals surface area (Å²) >= 11 is 0. The number of nitrogens with zero attached hydrogens (tertiary/aromatic N) is 2. The van der Waals surface area contributed by atoms with Crippen LogP contribution < -0.4 is 0 Å². The molecule has 1 aromatic heterocycles. The number of hydrogen-bond acceptors (Lipinski definition) is 3. The Kier molecular flexibility index (Phi) is 4.48. The average molecular weight is 439 g/mol. The standard InChI is InChI=1S/C28H42N2O2/c1-16-13-29-30(14-16)15-22(31)24-23-17(2)28(23,5)25-21-7-6-18-12-26(3,32)10-8-19(18)20(21)9-11-27(24,25)4/h13-14,17-21,23-25,32H,6-12,15H2,1-5H3/t17-,18-,19+,20-,21-,23-,24+,25+,26-,27-,28-/m1/s1. The van der Waals surface area contributed by atoms with E-state index in [2.05, 4.69) is 32.8 Å². The van der Waals surface area contributed by atoms with Crippen molar-refractivity contribution in [2.75, 3.05) is 0 Å². The first kappa shape index (κ1) is 21.4. The van der Waals surface area contributed by atoms with Crippen molar-refractivity contribution in [1.82, 2.24) is 9.78 Å². The van der Waals surface area contributed by atoms with Crippen molar-refractivity contribution in [3.8, 4) is 0 Å². The van der Waals surface area contributed by atoms with E-state index in [9.17, 15) is 9.90 Å². The summed E-state index contributed by atoms with van der Waals surface area (Å²) in [4.78, 5) is 13.8. The molecule has 1 aromatic rings. The molecule has 11 atom stereocenters. The molecule has 1 heterocycles. The Morgan fingerprint density at radius 3 is 2.59 bits per heavy atom. The van der Waals surface area contributed by atoms with Crippen molar-refractivity contribution in [1.29, 1.82) is 0 Å². The molecule has 0 amide bonds. The van der Waals surface area contributed by atoms with E-state index in [-0.39, 0.29) is 11.3 Å². The normalized spacial score (nSPS) is 53.7. The third-order valence-corrected chi connectivity index (χ3v) is 11.7. The highest BCUT2D eigenvalue weighted by atomic mass is 16.3. The second kappa shape index (κ2) is 6.71. The van der Waals surface area contributed by atoms with Gasteiger partial charge >= 0.3 is 0 Å². The zero-order valence-corrected chi connectivity index (χ0v) is 20.7. The summed E-state index contributed by atoms with van der Waals surface area (Å²) < 4.78 is 1.86. The summed E-state index contributed by atoms with van der Waals surface area (Å²) in [5.74, 6) is 5.65. The first-order valence-electron chi connectivity index (χ1n) is 13.3. The van der Waals surface area contributed by atoms with E-state index < -0.39 is 5.60 Å². The van der Waals surface area contributed by atoms with Crippen LogP contribution in [-0.4, -0.2) is 26.3 Å². The zero-order chi connectivity index (χ0) is 22.6. The summed E-state index contributed by atoms with van der Waals surface area (Å²) in [5, 5.41) is 15.1. The second-order valence-electron chi connectivity index (χ2n) is 13.4. The van der Waals surface area contributed by atoms with Gasteiger partial charge in [0.2, 0.25) is 0 Å². The topological polar surface area (TPSA) is 55.1 Å². The highest BCUT2D eigenvalue weighted by molar-refractivity contribution is 5.83. The molecule has 0 radical (unpaired) electrons. The van der Waals surface area contributed by atoms with Gasteiger partial charge in [0.1, 0.15) is 0 Å². The lowest BCUT2D eigenvalue weighted by Crippen LogP contribution is -2.53. The molecule has 32 heavy (non-hydrogen) atoms. The fourth-order valence-corrected chi connectivity index (χ4v) is 10.6. The summed E-state index contributed by atoms with van der Waals surface area (Å²) in [6, 6.07) is 0. The van der Waals surface area contributed by atoms with Gasteiger partial charge < -0.3 is 5.11 Å². The molecule has 5 fully saturated rings. The molecule has 176 valence electrons. The van der Waals surface area contributed by atoms with E-state index in [1.807, 2.05) is 24.0 Å². The predicted octanol–water partition coefficient (Wildman–Crippen LogP) is 5.27. The third-order valence-electron chi connectivity index (χ3n) is 11.7. The van der Waals surface area contributed by atoms with Crippen LogP contribution in [0.15, 0.2) is 12.4 Å². The number of aliphatic hydroxyl groups is 1. The lowest BCUT2D eigenvalue weighted by molar-refractivity contribution is -0.139. The molecule has 0 aliphatic heterocycles. The minimum Gasteiger partial charge on any atom is -0.390 e. The van der Waals surface area contributed by atoms with Crippen LogP contribution in [0.2, 0.25) is 0 Å². The van der Waals surface area contributed by atoms with Gasteiger partial charge in [-0.3, -0.25) is 9.48 Å². The molecule has 5 aliphatic rings. The highest BCUT2D eigenvalue weighted by Gasteiger charge is 2.80. The van der Waals surface area contributed by atoms with Crippen LogP contribution in [0.3, 0.4) is 0 Å². The van der Waals surface area contributed by atoms with Crippen LogP contribution in [0.25, 0.3) is 0 Å². The molecule has 4 heteroatoms. The Hall–Kier alpha value is -1.16. The molecule has 1 N–H and O–H groups in total. The molecule has 0 unspecified atom stereocenters. The first-order valence-corrected chi connectivity index (χ1v) is 13.3. The van der Waals surface area contributed by atoms with Crippen LogP contribution in [0.5, 0.6) is 0 Å². The third kappa shape index (κ3) is 2.77. The van der Waals surface area contributed by atoms with Crippen LogP contribution in [-0.2, 0) is 11.3 Å². The van der Waals surface area contributed by atoms with Gasteiger partial charge in [-0.05, 0) is 117 Å².